The maximum absolute atomic E-state index is 12.0. The summed E-state index contributed by atoms with van der Waals surface area (Å²) in [5, 5.41) is 9.72. The first-order valence-electron chi connectivity index (χ1n) is 9.38. The highest BCUT2D eigenvalue weighted by atomic mass is 32.2. The van der Waals surface area contributed by atoms with Crippen molar-refractivity contribution < 1.29 is 8.42 Å². The van der Waals surface area contributed by atoms with Crippen LogP contribution < -0.4 is 16.2 Å². The molecule has 0 atom stereocenters. The molecule has 0 aliphatic heterocycles. The van der Waals surface area contributed by atoms with Gasteiger partial charge in [0.05, 0.1) is 10.4 Å². The summed E-state index contributed by atoms with van der Waals surface area (Å²) in [5.41, 5.74) is 7.89. The van der Waals surface area contributed by atoms with Gasteiger partial charge >= 0.3 is 0 Å². The van der Waals surface area contributed by atoms with Crippen molar-refractivity contribution in [1.29, 1.82) is 0 Å². The summed E-state index contributed by atoms with van der Waals surface area (Å²) in [6.45, 7) is 0. The molecule has 0 amide bonds. The van der Waals surface area contributed by atoms with E-state index >= 15 is 0 Å². The van der Waals surface area contributed by atoms with Crippen molar-refractivity contribution in [2.45, 2.75) is 43.0 Å². The predicted octanol–water partition coefficient (Wildman–Crippen LogP) is 3.27. The summed E-state index contributed by atoms with van der Waals surface area (Å²) in [6.07, 6.45) is 5.85. The number of nitrogens with one attached hydrogen (secondary N) is 1. The van der Waals surface area contributed by atoms with E-state index in [9.17, 15) is 8.42 Å². The van der Waals surface area contributed by atoms with E-state index in [2.05, 4.69) is 15.3 Å². The highest BCUT2D eigenvalue weighted by Crippen LogP contribution is 2.32. The number of fused-ring (bicyclic) bond motifs is 1. The predicted molar refractivity (Wildman–Crippen MR) is 111 cm³/mol. The topological polar surface area (TPSA) is 124 Å². The summed E-state index contributed by atoms with van der Waals surface area (Å²) in [5.74, 6) is 0.896. The van der Waals surface area contributed by atoms with Gasteiger partial charge in [0, 0.05) is 17.0 Å². The van der Waals surface area contributed by atoms with Crippen LogP contribution in [0.2, 0.25) is 0 Å². The van der Waals surface area contributed by atoms with Crippen LogP contribution in [0, 0.1) is 0 Å². The van der Waals surface area contributed by atoms with Gasteiger partial charge in [0.15, 0.2) is 0 Å². The fourth-order valence-electron chi connectivity index (χ4n) is 3.82. The minimum absolute atomic E-state index is 0.0903. The van der Waals surface area contributed by atoms with Gasteiger partial charge in [-0.05, 0) is 36.6 Å². The Hall–Kier alpha value is -2.71. The van der Waals surface area contributed by atoms with Crippen LogP contribution in [0.3, 0.4) is 0 Å². The standard InChI is InChI=1S/C20H23N5O2S/c21-20-24-17-11-10-13(15-8-4-5-9-18(15)28(22,26)27)12-16(17)19(25-20)23-14-6-2-1-3-7-14/h4-5,8-12,14H,1-3,6-7H2,(H2,22,26,27)(H3,21,23,24,25). The average molecular weight is 398 g/mol. The molecule has 3 aromatic rings. The second kappa shape index (κ2) is 7.37. The number of nitrogens with zero attached hydrogens (tertiary/aromatic N) is 2. The van der Waals surface area contributed by atoms with Crippen LogP contribution in [0.25, 0.3) is 22.0 Å². The number of benzene rings is 2. The highest BCUT2D eigenvalue weighted by molar-refractivity contribution is 7.89. The maximum atomic E-state index is 12.0. The summed E-state index contributed by atoms with van der Waals surface area (Å²) < 4.78 is 24.0. The summed E-state index contributed by atoms with van der Waals surface area (Å²) >= 11 is 0. The average Bonchev–Trinajstić information content (AvgIpc) is 2.68. The lowest BCUT2D eigenvalue weighted by atomic mass is 9.95. The van der Waals surface area contributed by atoms with Gasteiger partial charge in [-0.3, -0.25) is 0 Å². The van der Waals surface area contributed by atoms with Crippen LogP contribution in [0.15, 0.2) is 47.4 Å². The van der Waals surface area contributed by atoms with Gasteiger partial charge in [0.2, 0.25) is 16.0 Å². The number of primary sulfonamides is 1. The Kier molecular flexibility index (Phi) is 4.91. The number of sulfonamides is 1. The van der Waals surface area contributed by atoms with Crippen LogP contribution in [0.5, 0.6) is 0 Å². The molecule has 1 saturated carbocycles. The van der Waals surface area contributed by atoms with Gasteiger partial charge in [-0.15, -0.1) is 0 Å². The van der Waals surface area contributed by atoms with Crippen molar-refractivity contribution in [3.8, 4) is 11.1 Å². The van der Waals surface area contributed by atoms with Crippen molar-refractivity contribution in [2.75, 3.05) is 11.1 Å². The Morgan fingerprint density at radius 3 is 2.50 bits per heavy atom. The van der Waals surface area contributed by atoms with E-state index in [-0.39, 0.29) is 10.8 Å². The Morgan fingerprint density at radius 2 is 1.75 bits per heavy atom. The Morgan fingerprint density at radius 1 is 1.00 bits per heavy atom. The van der Waals surface area contributed by atoms with Gasteiger partial charge in [0.25, 0.3) is 0 Å². The van der Waals surface area contributed by atoms with Crippen molar-refractivity contribution >= 4 is 32.7 Å². The molecule has 1 aromatic heterocycles. The van der Waals surface area contributed by atoms with Crippen molar-refractivity contribution in [2.24, 2.45) is 5.14 Å². The minimum Gasteiger partial charge on any atom is -0.368 e. The van der Waals surface area contributed by atoms with E-state index in [0.717, 1.165) is 23.8 Å². The molecule has 1 aliphatic rings. The molecule has 0 radical (unpaired) electrons. The van der Waals surface area contributed by atoms with E-state index in [1.807, 2.05) is 18.2 Å². The largest absolute Gasteiger partial charge is 0.368 e. The second-order valence-corrected chi connectivity index (χ2v) is 8.71. The first-order valence-corrected chi connectivity index (χ1v) is 10.9. The first-order chi connectivity index (χ1) is 13.4. The normalized spacial score (nSPS) is 15.6. The summed E-state index contributed by atoms with van der Waals surface area (Å²) in [7, 11) is -3.84. The molecule has 1 fully saturated rings. The molecular formula is C20H23N5O2S. The van der Waals surface area contributed by atoms with Gasteiger partial charge in [-0.2, -0.15) is 4.98 Å². The SMILES string of the molecule is Nc1nc(NC2CCCCC2)c2cc(-c3ccccc3S(N)(=O)=O)ccc2n1. The Balaban J connectivity index is 1.83. The van der Waals surface area contributed by atoms with Crippen LogP contribution in [0.1, 0.15) is 32.1 Å². The fourth-order valence-corrected chi connectivity index (χ4v) is 4.58. The number of anilines is 2. The molecule has 5 N–H and O–H groups in total. The zero-order chi connectivity index (χ0) is 19.7. The quantitative estimate of drug-likeness (QED) is 0.621. The third-order valence-corrected chi connectivity index (χ3v) is 6.13. The molecule has 1 aliphatic carbocycles. The molecule has 28 heavy (non-hydrogen) atoms. The number of hydrogen-bond acceptors (Lipinski definition) is 6. The van der Waals surface area contributed by atoms with E-state index in [4.69, 9.17) is 10.9 Å². The fraction of sp³-hybridized carbons (Fsp3) is 0.300. The van der Waals surface area contributed by atoms with Gasteiger partial charge < -0.3 is 11.1 Å². The van der Waals surface area contributed by atoms with Crippen molar-refractivity contribution in [3.63, 3.8) is 0 Å². The van der Waals surface area contributed by atoms with E-state index < -0.39 is 10.0 Å². The lowest BCUT2D eigenvalue weighted by Crippen LogP contribution is -2.23. The molecule has 2 aromatic carbocycles. The lowest BCUT2D eigenvalue weighted by Gasteiger charge is -2.24. The summed E-state index contributed by atoms with van der Waals surface area (Å²) in [6, 6.07) is 12.6. The van der Waals surface area contributed by atoms with Crippen LogP contribution >= 0.6 is 0 Å². The zero-order valence-corrected chi connectivity index (χ0v) is 16.2. The Labute approximate surface area is 164 Å². The minimum atomic E-state index is -3.84. The number of hydrogen-bond donors (Lipinski definition) is 3. The van der Waals surface area contributed by atoms with Crippen LogP contribution in [-0.2, 0) is 10.0 Å². The van der Waals surface area contributed by atoms with Crippen LogP contribution in [-0.4, -0.2) is 24.4 Å². The van der Waals surface area contributed by atoms with Gasteiger partial charge in [-0.25, -0.2) is 18.5 Å². The molecule has 0 saturated heterocycles. The smallest absolute Gasteiger partial charge is 0.238 e. The maximum Gasteiger partial charge on any atom is 0.238 e. The van der Waals surface area contributed by atoms with E-state index in [0.29, 0.717) is 22.9 Å². The highest BCUT2D eigenvalue weighted by Gasteiger charge is 2.18. The van der Waals surface area contributed by atoms with Gasteiger partial charge in [-0.1, -0.05) is 43.5 Å². The molecule has 0 spiro atoms. The Bertz CT molecular complexity index is 1120. The third-order valence-electron chi connectivity index (χ3n) is 5.16. The monoisotopic (exact) mass is 397 g/mol. The molecular weight excluding hydrogens is 374 g/mol. The van der Waals surface area contributed by atoms with E-state index in [1.165, 1.54) is 25.3 Å². The molecule has 0 unspecified atom stereocenters. The molecule has 8 heteroatoms. The third kappa shape index (κ3) is 3.79. The number of aromatic nitrogens is 2. The molecule has 146 valence electrons. The van der Waals surface area contributed by atoms with Crippen molar-refractivity contribution in [1.82, 2.24) is 9.97 Å². The molecule has 1 heterocycles. The van der Waals surface area contributed by atoms with Crippen molar-refractivity contribution in [3.05, 3.63) is 42.5 Å². The first kappa shape index (κ1) is 18.6. The second-order valence-electron chi connectivity index (χ2n) is 7.18. The molecule has 0 bridgehead atoms. The molecule has 4 rings (SSSR count). The number of rotatable bonds is 4. The zero-order valence-electron chi connectivity index (χ0n) is 15.4. The molecule has 7 nitrogen and oxygen atoms in total. The van der Waals surface area contributed by atoms with Crippen LogP contribution in [0.4, 0.5) is 11.8 Å². The number of nitrogen functional groups attached to an aromatic ring is 1. The van der Waals surface area contributed by atoms with E-state index in [1.54, 1.807) is 18.2 Å². The number of nitrogens with two attached hydrogens (primary N) is 2. The van der Waals surface area contributed by atoms with Gasteiger partial charge in [0.1, 0.15) is 5.82 Å². The summed E-state index contributed by atoms with van der Waals surface area (Å²) in [4.78, 5) is 8.82. The lowest BCUT2D eigenvalue weighted by molar-refractivity contribution is 0.462.